The molecule has 0 saturated carbocycles. The number of benzene rings is 1. The topological polar surface area (TPSA) is 40.1 Å². The molecule has 6 heteroatoms. The summed E-state index contributed by atoms with van der Waals surface area (Å²) in [5.41, 5.74) is 1.24. The van der Waals surface area contributed by atoms with Crippen molar-refractivity contribution in [2.45, 2.75) is 25.4 Å². The number of aliphatic imine (C=N–C) groups is 1. The fraction of sp³-hybridized carbons (Fsp3) is 0.588. The molecule has 23 heavy (non-hydrogen) atoms. The van der Waals surface area contributed by atoms with Gasteiger partial charge in [0.1, 0.15) is 5.75 Å². The summed E-state index contributed by atoms with van der Waals surface area (Å²) < 4.78 is 5.19. The average molecular weight is 432 g/mol. The summed E-state index contributed by atoms with van der Waals surface area (Å²) >= 11 is 0. The molecule has 1 atom stereocenters. The van der Waals surface area contributed by atoms with Gasteiger partial charge < -0.3 is 19.9 Å². The first-order valence-electron chi connectivity index (χ1n) is 7.89. The van der Waals surface area contributed by atoms with Crippen LogP contribution in [0.15, 0.2) is 29.3 Å². The third-order valence-corrected chi connectivity index (χ3v) is 4.32. The Hall–Kier alpha value is -1.02. The van der Waals surface area contributed by atoms with Gasteiger partial charge in [0.2, 0.25) is 0 Å². The normalized spacial score (nSPS) is 18.4. The molecule has 1 unspecified atom stereocenters. The van der Waals surface area contributed by atoms with Gasteiger partial charge in [-0.15, -0.1) is 24.0 Å². The summed E-state index contributed by atoms with van der Waals surface area (Å²) in [6.45, 7) is 2.98. The van der Waals surface area contributed by atoms with E-state index in [4.69, 9.17) is 4.74 Å². The van der Waals surface area contributed by atoms with Gasteiger partial charge in [-0.3, -0.25) is 4.99 Å². The lowest BCUT2D eigenvalue weighted by Gasteiger charge is -2.25. The van der Waals surface area contributed by atoms with E-state index in [1.807, 2.05) is 19.2 Å². The molecule has 1 aliphatic heterocycles. The first-order chi connectivity index (χ1) is 10.6. The van der Waals surface area contributed by atoms with Crippen molar-refractivity contribution in [2.24, 2.45) is 4.99 Å². The third kappa shape index (κ3) is 5.84. The largest absolute Gasteiger partial charge is 0.497 e. The Bertz CT molecular complexity index is 492. The summed E-state index contributed by atoms with van der Waals surface area (Å²) in [5.74, 6) is 1.83. The van der Waals surface area contributed by atoms with Crippen LogP contribution in [0.1, 0.15) is 18.4 Å². The number of guanidine groups is 1. The van der Waals surface area contributed by atoms with E-state index >= 15 is 0 Å². The predicted octanol–water partition coefficient (Wildman–Crippen LogP) is 2.41. The Kier molecular flexibility index (Phi) is 8.68. The number of hydrogen-bond acceptors (Lipinski definition) is 3. The minimum absolute atomic E-state index is 0. The minimum atomic E-state index is 0. The number of nitrogens with zero attached hydrogens (tertiary/aromatic N) is 3. The van der Waals surface area contributed by atoms with Crippen molar-refractivity contribution >= 4 is 29.9 Å². The molecule has 1 aromatic carbocycles. The van der Waals surface area contributed by atoms with E-state index in [1.165, 1.54) is 24.9 Å². The zero-order valence-electron chi connectivity index (χ0n) is 14.6. The van der Waals surface area contributed by atoms with Crippen LogP contribution in [0, 0.1) is 0 Å². The van der Waals surface area contributed by atoms with E-state index < -0.39 is 0 Å². The van der Waals surface area contributed by atoms with E-state index in [0.717, 1.165) is 24.8 Å². The van der Waals surface area contributed by atoms with Crippen LogP contribution in [0.25, 0.3) is 0 Å². The Balaban J connectivity index is 0.00000264. The molecule has 1 fully saturated rings. The summed E-state index contributed by atoms with van der Waals surface area (Å²) in [4.78, 5) is 8.96. The van der Waals surface area contributed by atoms with Crippen LogP contribution >= 0.6 is 24.0 Å². The van der Waals surface area contributed by atoms with Crippen LogP contribution in [-0.2, 0) is 6.54 Å². The lowest BCUT2D eigenvalue weighted by atomic mass is 10.2. The summed E-state index contributed by atoms with van der Waals surface area (Å²) in [7, 11) is 7.79. The highest BCUT2D eigenvalue weighted by molar-refractivity contribution is 14.0. The van der Waals surface area contributed by atoms with Crippen molar-refractivity contribution in [1.82, 2.24) is 15.1 Å². The van der Waals surface area contributed by atoms with E-state index in [0.29, 0.717) is 6.04 Å². The zero-order valence-corrected chi connectivity index (χ0v) is 16.9. The molecule has 0 bridgehead atoms. The van der Waals surface area contributed by atoms with Crippen molar-refractivity contribution in [2.75, 3.05) is 41.3 Å². The molecule has 1 aromatic rings. The molecule has 0 aliphatic carbocycles. The van der Waals surface area contributed by atoms with Crippen molar-refractivity contribution in [3.63, 3.8) is 0 Å². The first kappa shape index (κ1) is 20.0. The SMILES string of the molecule is CN=C(NCC1CCCN1C)N(C)Cc1ccc(OC)cc1.I. The standard InChI is InChI=1S/C17H28N4O.HI/c1-18-17(19-12-15-6-5-11-20(15)2)21(3)13-14-7-9-16(22-4)10-8-14;/h7-10,15H,5-6,11-13H2,1-4H3,(H,18,19);1H. The van der Waals surface area contributed by atoms with Gasteiger partial charge in [0.05, 0.1) is 7.11 Å². The van der Waals surface area contributed by atoms with E-state index in [2.05, 4.69) is 46.3 Å². The molecule has 0 aromatic heterocycles. The fourth-order valence-corrected chi connectivity index (χ4v) is 2.91. The first-order valence-corrected chi connectivity index (χ1v) is 7.89. The lowest BCUT2D eigenvalue weighted by molar-refractivity contribution is 0.306. The molecular weight excluding hydrogens is 403 g/mol. The highest BCUT2D eigenvalue weighted by Crippen LogP contribution is 2.14. The molecule has 1 aliphatic rings. The van der Waals surface area contributed by atoms with Gasteiger partial charge in [-0.1, -0.05) is 12.1 Å². The van der Waals surface area contributed by atoms with Gasteiger partial charge in [-0.2, -0.15) is 0 Å². The lowest BCUT2D eigenvalue weighted by Crippen LogP contribution is -2.44. The van der Waals surface area contributed by atoms with Crippen LogP contribution < -0.4 is 10.1 Å². The maximum Gasteiger partial charge on any atom is 0.193 e. The summed E-state index contributed by atoms with van der Waals surface area (Å²) in [6, 6.07) is 8.78. The number of methoxy groups -OCH3 is 1. The number of ether oxygens (including phenoxy) is 1. The van der Waals surface area contributed by atoms with E-state index in [9.17, 15) is 0 Å². The van der Waals surface area contributed by atoms with Crippen LogP contribution in [0.4, 0.5) is 0 Å². The quantitative estimate of drug-likeness (QED) is 0.441. The molecule has 5 nitrogen and oxygen atoms in total. The second-order valence-corrected chi connectivity index (χ2v) is 5.91. The van der Waals surface area contributed by atoms with Gasteiger partial charge in [-0.05, 0) is 44.1 Å². The summed E-state index contributed by atoms with van der Waals surface area (Å²) in [5, 5.41) is 3.49. The van der Waals surface area contributed by atoms with Crippen LogP contribution in [0.2, 0.25) is 0 Å². The molecule has 1 N–H and O–H groups in total. The van der Waals surface area contributed by atoms with Crippen LogP contribution in [-0.4, -0.2) is 63.1 Å². The Labute approximate surface area is 157 Å². The number of halogens is 1. The van der Waals surface area contributed by atoms with Crippen molar-refractivity contribution in [3.8, 4) is 5.75 Å². The van der Waals surface area contributed by atoms with Gasteiger partial charge in [-0.25, -0.2) is 0 Å². The van der Waals surface area contributed by atoms with Crippen molar-refractivity contribution < 1.29 is 4.74 Å². The Morgan fingerprint density at radius 2 is 2.09 bits per heavy atom. The monoisotopic (exact) mass is 432 g/mol. The van der Waals surface area contributed by atoms with Gasteiger partial charge in [0.15, 0.2) is 5.96 Å². The van der Waals surface area contributed by atoms with Gasteiger partial charge in [0, 0.05) is 33.2 Å². The second-order valence-electron chi connectivity index (χ2n) is 5.91. The highest BCUT2D eigenvalue weighted by Gasteiger charge is 2.21. The zero-order chi connectivity index (χ0) is 15.9. The minimum Gasteiger partial charge on any atom is -0.497 e. The molecule has 0 amide bonds. The molecule has 2 rings (SSSR count). The van der Waals surface area contributed by atoms with Gasteiger partial charge >= 0.3 is 0 Å². The summed E-state index contributed by atoms with van der Waals surface area (Å²) in [6.07, 6.45) is 2.56. The molecular formula is C17H29IN4O. The highest BCUT2D eigenvalue weighted by atomic mass is 127. The number of hydrogen-bond donors (Lipinski definition) is 1. The van der Waals surface area contributed by atoms with Crippen molar-refractivity contribution in [1.29, 1.82) is 0 Å². The fourth-order valence-electron chi connectivity index (χ4n) is 2.91. The second kappa shape index (κ2) is 9.97. The molecule has 0 spiro atoms. The third-order valence-electron chi connectivity index (χ3n) is 4.32. The van der Waals surface area contributed by atoms with Crippen LogP contribution in [0.3, 0.4) is 0 Å². The van der Waals surface area contributed by atoms with Crippen LogP contribution in [0.5, 0.6) is 5.75 Å². The maximum atomic E-state index is 5.19. The number of rotatable bonds is 5. The number of likely N-dealkylation sites (tertiary alicyclic amines) is 1. The van der Waals surface area contributed by atoms with E-state index in [1.54, 1.807) is 7.11 Å². The maximum absolute atomic E-state index is 5.19. The molecule has 0 radical (unpaired) electrons. The Morgan fingerprint density at radius 1 is 1.39 bits per heavy atom. The van der Waals surface area contributed by atoms with E-state index in [-0.39, 0.29) is 24.0 Å². The molecule has 1 saturated heterocycles. The van der Waals surface area contributed by atoms with Gasteiger partial charge in [0.25, 0.3) is 0 Å². The smallest absolute Gasteiger partial charge is 0.193 e. The number of nitrogens with one attached hydrogen (secondary N) is 1. The average Bonchev–Trinajstić information content (AvgIpc) is 2.94. The molecule has 130 valence electrons. The number of likely N-dealkylation sites (N-methyl/N-ethyl adjacent to an activating group) is 1. The Morgan fingerprint density at radius 3 is 2.61 bits per heavy atom. The predicted molar refractivity (Wildman–Crippen MR) is 107 cm³/mol. The molecule has 1 heterocycles. The van der Waals surface area contributed by atoms with Crippen molar-refractivity contribution in [3.05, 3.63) is 29.8 Å².